The van der Waals surface area contributed by atoms with Crippen molar-refractivity contribution in [1.29, 1.82) is 0 Å². The average Bonchev–Trinajstić information content (AvgIpc) is 2.86. The molecule has 1 aromatic rings. The molecule has 1 aromatic carbocycles. The summed E-state index contributed by atoms with van der Waals surface area (Å²) in [5, 5.41) is 0. The highest BCUT2D eigenvalue weighted by atomic mass is 16.2. The molecule has 0 spiro atoms. The van der Waals surface area contributed by atoms with Crippen LogP contribution < -0.4 is 0 Å². The third-order valence-corrected chi connectivity index (χ3v) is 5.43. The topological polar surface area (TPSA) is 78.0 Å². The molecule has 2 aliphatic heterocycles. The van der Waals surface area contributed by atoms with E-state index in [2.05, 4.69) is 0 Å². The number of carbonyl (C=O) groups is 4. The number of hydrogen-bond donors (Lipinski definition) is 0. The minimum Gasteiger partial charge on any atom is -0.341 e. The molecule has 0 N–H and O–H groups in total. The predicted octanol–water partition coefficient (Wildman–Crippen LogP) is 2.17. The number of rotatable bonds is 6. The number of imide groups is 1. The Morgan fingerprint density at radius 3 is 2.00 bits per heavy atom. The smallest absolute Gasteiger partial charge is 0.261 e. The van der Waals surface area contributed by atoms with Crippen LogP contribution in [0.4, 0.5) is 0 Å². The van der Waals surface area contributed by atoms with Gasteiger partial charge in [0.25, 0.3) is 11.8 Å². The maximum atomic E-state index is 12.6. The maximum Gasteiger partial charge on any atom is 0.261 e. The molecule has 29 heavy (non-hydrogen) atoms. The van der Waals surface area contributed by atoms with Crippen LogP contribution in [0, 0.1) is 5.92 Å². The van der Waals surface area contributed by atoms with Crippen LogP contribution in [0.25, 0.3) is 0 Å². The van der Waals surface area contributed by atoms with Crippen LogP contribution in [0.15, 0.2) is 24.3 Å². The molecule has 156 valence electrons. The van der Waals surface area contributed by atoms with E-state index in [0.717, 1.165) is 6.42 Å². The number of benzene rings is 1. The number of fused-ring (bicyclic) bond motifs is 1. The molecule has 0 radical (unpaired) electrons. The van der Waals surface area contributed by atoms with Gasteiger partial charge in [-0.05, 0) is 30.9 Å². The lowest BCUT2D eigenvalue weighted by atomic mass is 10.1. The molecular weight excluding hydrogens is 370 g/mol. The van der Waals surface area contributed by atoms with E-state index in [1.165, 1.54) is 4.90 Å². The second-order valence-electron chi connectivity index (χ2n) is 8.12. The number of carbonyl (C=O) groups excluding carboxylic acids is 4. The van der Waals surface area contributed by atoms with Gasteiger partial charge >= 0.3 is 0 Å². The molecule has 7 nitrogen and oxygen atoms in total. The average molecular weight is 399 g/mol. The fourth-order valence-electron chi connectivity index (χ4n) is 3.88. The summed E-state index contributed by atoms with van der Waals surface area (Å²) in [7, 11) is 0. The van der Waals surface area contributed by atoms with E-state index < -0.39 is 0 Å². The van der Waals surface area contributed by atoms with Gasteiger partial charge < -0.3 is 9.80 Å². The van der Waals surface area contributed by atoms with Crippen LogP contribution in [0.2, 0.25) is 0 Å². The van der Waals surface area contributed by atoms with Crippen LogP contribution in [0.5, 0.6) is 0 Å². The van der Waals surface area contributed by atoms with Crippen LogP contribution in [-0.2, 0) is 9.59 Å². The Bertz CT molecular complexity index is 770. The molecule has 4 amide bonds. The van der Waals surface area contributed by atoms with Crippen molar-refractivity contribution in [2.24, 2.45) is 5.92 Å². The second-order valence-corrected chi connectivity index (χ2v) is 8.12. The van der Waals surface area contributed by atoms with E-state index in [4.69, 9.17) is 0 Å². The molecule has 0 unspecified atom stereocenters. The molecule has 7 heteroatoms. The van der Waals surface area contributed by atoms with Crippen molar-refractivity contribution in [2.75, 3.05) is 32.7 Å². The summed E-state index contributed by atoms with van der Waals surface area (Å²) in [6.45, 7) is 6.72. The van der Waals surface area contributed by atoms with E-state index in [1.54, 1.807) is 29.2 Å². The quantitative estimate of drug-likeness (QED) is 0.687. The summed E-state index contributed by atoms with van der Waals surface area (Å²) < 4.78 is 0. The van der Waals surface area contributed by atoms with Gasteiger partial charge in [-0.2, -0.15) is 0 Å². The summed E-state index contributed by atoms with van der Waals surface area (Å²) in [5.41, 5.74) is 0.866. The minimum atomic E-state index is -0.285. The Labute approximate surface area is 171 Å². The van der Waals surface area contributed by atoms with Gasteiger partial charge in [-0.1, -0.05) is 26.0 Å². The van der Waals surface area contributed by atoms with E-state index in [0.29, 0.717) is 56.1 Å². The Kier molecular flexibility index (Phi) is 6.67. The predicted molar refractivity (Wildman–Crippen MR) is 108 cm³/mol. The van der Waals surface area contributed by atoms with Crippen LogP contribution in [0.3, 0.4) is 0 Å². The van der Waals surface area contributed by atoms with Gasteiger partial charge in [-0.15, -0.1) is 0 Å². The monoisotopic (exact) mass is 399 g/mol. The summed E-state index contributed by atoms with van der Waals surface area (Å²) in [6, 6.07) is 6.80. The van der Waals surface area contributed by atoms with Crippen LogP contribution in [-0.4, -0.2) is 71.1 Å². The maximum absolute atomic E-state index is 12.6. The van der Waals surface area contributed by atoms with Gasteiger partial charge in [0.15, 0.2) is 0 Å². The zero-order chi connectivity index (χ0) is 21.0. The summed E-state index contributed by atoms with van der Waals surface area (Å²) >= 11 is 0. The second kappa shape index (κ2) is 9.20. The van der Waals surface area contributed by atoms with E-state index in [-0.39, 0.29) is 36.6 Å². The van der Waals surface area contributed by atoms with Crippen molar-refractivity contribution in [2.45, 2.75) is 39.5 Å². The largest absolute Gasteiger partial charge is 0.341 e. The van der Waals surface area contributed by atoms with E-state index in [1.807, 2.05) is 18.7 Å². The molecule has 2 aliphatic rings. The molecular formula is C22H29N3O4. The fourth-order valence-corrected chi connectivity index (χ4v) is 3.88. The normalized spacial score (nSPS) is 17.0. The van der Waals surface area contributed by atoms with Crippen molar-refractivity contribution in [3.05, 3.63) is 35.4 Å². The van der Waals surface area contributed by atoms with Gasteiger partial charge in [-0.3, -0.25) is 24.1 Å². The lowest BCUT2D eigenvalue weighted by Gasteiger charge is -2.23. The van der Waals surface area contributed by atoms with Gasteiger partial charge in [0.05, 0.1) is 11.1 Å². The fraction of sp³-hybridized carbons (Fsp3) is 0.545. The molecule has 0 atom stereocenters. The van der Waals surface area contributed by atoms with Gasteiger partial charge in [-0.25, -0.2) is 0 Å². The first-order valence-electron chi connectivity index (χ1n) is 10.4. The Morgan fingerprint density at radius 1 is 0.897 bits per heavy atom. The first-order valence-corrected chi connectivity index (χ1v) is 10.4. The van der Waals surface area contributed by atoms with Gasteiger partial charge in [0, 0.05) is 45.6 Å². The lowest BCUT2D eigenvalue weighted by molar-refractivity contribution is -0.134. The third kappa shape index (κ3) is 4.83. The number of nitrogens with zero attached hydrogens (tertiary/aromatic N) is 3. The summed E-state index contributed by atoms with van der Waals surface area (Å²) in [6.07, 6.45) is 2.03. The van der Waals surface area contributed by atoms with Crippen molar-refractivity contribution in [3.8, 4) is 0 Å². The van der Waals surface area contributed by atoms with Crippen molar-refractivity contribution < 1.29 is 19.2 Å². The lowest BCUT2D eigenvalue weighted by Crippen LogP contribution is -2.38. The van der Waals surface area contributed by atoms with Gasteiger partial charge in [0.2, 0.25) is 11.8 Å². The number of hydrogen-bond acceptors (Lipinski definition) is 4. The summed E-state index contributed by atoms with van der Waals surface area (Å²) in [4.78, 5) is 54.5. The zero-order valence-electron chi connectivity index (χ0n) is 17.2. The third-order valence-electron chi connectivity index (χ3n) is 5.43. The van der Waals surface area contributed by atoms with Crippen molar-refractivity contribution >= 4 is 23.6 Å². The molecule has 0 bridgehead atoms. The first-order chi connectivity index (χ1) is 13.9. The van der Waals surface area contributed by atoms with Crippen molar-refractivity contribution in [3.63, 3.8) is 0 Å². The Hall–Kier alpha value is -2.70. The SMILES string of the molecule is CC(C)CC(=O)N1CCCN(C(=O)CCCN2C(=O)c3ccccc3C2=O)CC1. The highest BCUT2D eigenvalue weighted by Gasteiger charge is 2.34. The van der Waals surface area contributed by atoms with E-state index >= 15 is 0 Å². The van der Waals surface area contributed by atoms with E-state index in [9.17, 15) is 19.2 Å². The Morgan fingerprint density at radius 2 is 1.45 bits per heavy atom. The zero-order valence-corrected chi connectivity index (χ0v) is 17.2. The minimum absolute atomic E-state index is 0.0137. The highest BCUT2D eigenvalue weighted by molar-refractivity contribution is 6.21. The summed E-state index contributed by atoms with van der Waals surface area (Å²) in [5.74, 6) is -0.0791. The standard InChI is InChI=1S/C22H29N3O4/c1-16(2)15-20(27)24-11-6-10-23(13-14-24)19(26)9-5-12-25-21(28)17-7-3-4-8-18(17)22(25)29/h3-4,7-8,16H,5-6,9-15H2,1-2H3. The molecule has 0 aliphatic carbocycles. The molecule has 0 saturated carbocycles. The molecule has 1 fully saturated rings. The molecule has 2 heterocycles. The van der Waals surface area contributed by atoms with Crippen LogP contribution in [0.1, 0.15) is 60.2 Å². The number of amides is 4. The molecule has 0 aromatic heterocycles. The molecule has 3 rings (SSSR count). The Balaban J connectivity index is 1.46. The first kappa shape index (κ1) is 21.0. The molecule has 1 saturated heterocycles. The van der Waals surface area contributed by atoms with Crippen LogP contribution >= 0.6 is 0 Å². The van der Waals surface area contributed by atoms with Gasteiger partial charge in [0.1, 0.15) is 0 Å². The van der Waals surface area contributed by atoms with Crippen molar-refractivity contribution in [1.82, 2.24) is 14.7 Å². The highest BCUT2D eigenvalue weighted by Crippen LogP contribution is 2.22.